The number of carboxylic acids is 1. The molecule has 8 heteroatoms. The summed E-state index contributed by atoms with van der Waals surface area (Å²) in [5.41, 5.74) is 0. The maximum Gasteiger partial charge on any atom is 0.327 e. The Kier molecular flexibility index (Phi) is 4.66. The first-order chi connectivity index (χ1) is 9.50. The molecule has 1 saturated heterocycles. The third-order valence-electron chi connectivity index (χ3n) is 2.94. The van der Waals surface area contributed by atoms with Crippen molar-refractivity contribution in [2.24, 2.45) is 0 Å². The van der Waals surface area contributed by atoms with Gasteiger partial charge in [-0.05, 0) is 11.4 Å². The number of carboxylic acid groups (broad SMARTS) is 1. The molecule has 0 radical (unpaired) electrons. The fourth-order valence-electron chi connectivity index (χ4n) is 1.85. The second-order valence-corrected chi connectivity index (χ2v) is 6.30. The third kappa shape index (κ3) is 3.13. The maximum absolute atomic E-state index is 12.1. The van der Waals surface area contributed by atoms with Crippen LogP contribution in [0.4, 0.5) is 0 Å². The van der Waals surface area contributed by atoms with Crippen molar-refractivity contribution in [3.05, 3.63) is 22.4 Å². The molecule has 0 aromatic carbocycles. The fraction of sp³-hybridized carbons (Fsp3) is 0.417. The molecule has 0 spiro atoms. The van der Waals surface area contributed by atoms with Gasteiger partial charge in [-0.25, -0.2) is 4.79 Å². The zero-order valence-electron chi connectivity index (χ0n) is 10.8. The van der Waals surface area contributed by atoms with Gasteiger partial charge in [0.1, 0.15) is 6.04 Å². The smallest absolute Gasteiger partial charge is 0.327 e. The fourth-order valence-corrected chi connectivity index (χ4v) is 3.74. The Hall–Kier alpha value is -1.54. The molecule has 1 fully saturated rings. The summed E-state index contributed by atoms with van der Waals surface area (Å²) in [6.45, 7) is -0.110. The second kappa shape index (κ2) is 6.27. The Morgan fingerprint density at radius 3 is 2.85 bits per heavy atom. The lowest BCUT2D eigenvalue weighted by Gasteiger charge is -2.23. The average molecular weight is 314 g/mol. The van der Waals surface area contributed by atoms with Crippen LogP contribution in [0.25, 0.3) is 0 Å². The van der Waals surface area contributed by atoms with Gasteiger partial charge in [0.05, 0.1) is 17.3 Å². The molecule has 1 aromatic rings. The number of hydrogen-bond donors (Lipinski definition) is 1. The van der Waals surface area contributed by atoms with E-state index >= 15 is 0 Å². The van der Waals surface area contributed by atoms with Gasteiger partial charge in [0.15, 0.2) is 0 Å². The van der Waals surface area contributed by atoms with Crippen LogP contribution in [-0.2, 0) is 9.59 Å². The molecule has 0 unspecified atom stereocenters. The van der Waals surface area contributed by atoms with E-state index in [2.05, 4.69) is 0 Å². The molecule has 0 aliphatic carbocycles. The Balaban J connectivity index is 1.97. The predicted octanol–water partition coefficient (Wildman–Crippen LogP) is 0.806. The number of aliphatic carboxylic acids is 1. The molecule has 108 valence electrons. The van der Waals surface area contributed by atoms with E-state index in [-0.39, 0.29) is 18.4 Å². The van der Waals surface area contributed by atoms with E-state index in [9.17, 15) is 14.4 Å². The van der Waals surface area contributed by atoms with E-state index in [0.29, 0.717) is 16.5 Å². The van der Waals surface area contributed by atoms with Gasteiger partial charge in [-0.15, -0.1) is 23.1 Å². The van der Waals surface area contributed by atoms with E-state index in [0.717, 1.165) is 0 Å². The van der Waals surface area contributed by atoms with Crippen molar-refractivity contribution < 1.29 is 19.5 Å². The summed E-state index contributed by atoms with van der Waals surface area (Å²) in [6.07, 6.45) is 0. The summed E-state index contributed by atoms with van der Waals surface area (Å²) in [7, 11) is 1.54. The highest BCUT2D eigenvalue weighted by Gasteiger charge is 2.35. The number of amides is 2. The van der Waals surface area contributed by atoms with Gasteiger partial charge < -0.3 is 14.9 Å². The molecule has 20 heavy (non-hydrogen) atoms. The quantitative estimate of drug-likeness (QED) is 0.890. The first-order valence-electron chi connectivity index (χ1n) is 5.89. The van der Waals surface area contributed by atoms with Crippen molar-refractivity contribution in [3.63, 3.8) is 0 Å². The van der Waals surface area contributed by atoms with Gasteiger partial charge >= 0.3 is 5.97 Å². The molecular formula is C12H14N2O4S2. The van der Waals surface area contributed by atoms with Gasteiger partial charge in [-0.3, -0.25) is 9.59 Å². The van der Waals surface area contributed by atoms with Gasteiger partial charge in [-0.1, -0.05) is 6.07 Å². The number of rotatable bonds is 4. The van der Waals surface area contributed by atoms with E-state index in [4.69, 9.17) is 5.11 Å². The Morgan fingerprint density at radius 1 is 1.50 bits per heavy atom. The minimum atomic E-state index is -1.00. The van der Waals surface area contributed by atoms with E-state index in [1.54, 1.807) is 24.6 Å². The SMILES string of the molecule is CN(CC(=O)N1CSC[C@H]1C(=O)O)C(=O)c1cccs1. The highest BCUT2D eigenvalue weighted by Crippen LogP contribution is 2.21. The van der Waals surface area contributed by atoms with Gasteiger partial charge in [0.25, 0.3) is 5.91 Å². The normalized spacial score (nSPS) is 18.1. The zero-order chi connectivity index (χ0) is 14.7. The van der Waals surface area contributed by atoms with Gasteiger partial charge in [0.2, 0.25) is 5.91 Å². The largest absolute Gasteiger partial charge is 0.480 e. The maximum atomic E-state index is 12.1. The topological polar surface area (TPSA) is 77.9 Å². The first kappa shape index (κ1) is 14.9. The molecule has 2 amide bonds. The molecule has 1 atom stereocenters. The van der Waals surface area contributed by atoms with Crippen LogP contribution in [0.2, 0.25) is 0 Å². The molecule has 2 heterocycles. The van der Waals surface area contributed by atoms with Crippen molar-refractivity contribution >= 4 is 40.9 Å². The lowest BCUT2D eigenvalue weighted by molar-refractivity contribution is -0.147. The first-order valence-corrected chi connectivity index (χ1v) is 7.93. The molecule has 2 rings (SSSR count). The van der Waals surface area contributed by atoms with Crippen molar-refractivity contribution in [2.45, 2.75) is 6.04 Å². The highest BCUT2D eigenvalue weighted by atomic mass is 32.2. The molecule has 0 saturated carbocycles. The van der Waals surface area contributed by atoms with Crippen LogP contribution in [0.3, 0.4) is 0 Å². The van der Waals surface area contributed by atoms with Gasteiger partial charge in [0, 0.05) is 12.8 Å². The van der Waals surface area contributed by atoms with Crippen molar-refractivity contribution in [1.29, 1.82) is 0 Å². The van der Waals surface area contributed by atoms with Crippen LogP contribution in [-0.4, -0.2) is 64.0 Å². The van der Waals surface area contributed by atoms with Crippen molar-refractivity contribution in [2.75, 3.05) is 25.2 Å². The number of thiophene rings is 1. The summed E-state index contributed by atoms with van der Waals surface area (Å²) in [5.74, 6) is -0.821. The summed E-state index contributed by atoms with van der Waals surface area (Å²) in [4.78, 5) is 38.3. The summed E-state index contributed by atoms with van der Waals surface area (Å²) in [5, 5.41) is 10.8. The van der Waals surface area contributed by atoms with Crippen LogP contribution in [0.1, 0.15) is 9.67 Å². The van der Waals surface area contributed by atoms with Crippen LogP contribution in [0.5, 0.6) is 0 Å². The predicted molar refractivity (Wildman–Crippen MR) is 76.9 cm³/mol. The lowest BCUT2D eigenvalue weighted by atomic mass is 10.3. The molecule has 0 bridgehead atoms. The Labute approximate surface area is 124 Å². The van der Waals surface area contributed by atoms with Crippen molar-refractivity contribution in [3.8, 4) is 0 Å². The lowest BCUT2D eigenvalue weighted by Crippen LogP contribution is -2.46. The number of carbonyl (C=O) groups is 3. The molecule has 1 N–H and O–H groups in total. The Morgan fingerprint density at radius 2 is 2.25 bits per heavy atom. The zero-order valence-corrected chi connectivity index (χ0v) is 12.4. The number of carbonyl (C=O) groups excluding carboxylic acids is 2. The molecule has 1 aliphatic rings. The number of likely N-dealkylation sites (N-methyl/N-ethyl adjacent to an activating group) is 1. The van der Waals surface area contributed by atoms with Crippen molar-refractivity contribution in [1.82, 2.24) is 9.80 Å². The molecule has 6 nitrogen and oxygen atoms in total. The third-order valence-corrected chi connectivity index (χ3v) is 4.81. The molecular weight excluding hydrogens is 300 g/mol. The van der Waals surface area contributed by atoms with Crippen LogP contribution in [0.15, 0.2) is 17.5 Å². The average Bonchev–Trinajstić information content (AvgIpc) is 3.08. The standard InChI is InChI=1S/C12H14N2O4S2/c1-13(11(16)9-3-2-4-20-9)5-10(15)14-7-19-6-8(14)12(17)18/h2-4,8H,5-7H2,1H3,(H,17,18)/t8-/m0/s1. The second-order valence-electron chi connectivity index (χ2n) is 4.36. The summed E-state index contributed by atoms with van der Waals surface area (Å²) < 4.78 is 0. The minimum absolute atomic E-state index is 0.110. The molecule has 1 aromatic heterocycles. The van der Waals surface area contributed by atoms with E-state index in [1.165, 1.54) is 32.9 Å². The Bertz CT molecular complexity index is 518. The number of nitrogens with zero attached hydrogens (tertiary/aromatic N) is 2. The van der Waals surface area contributed by atoms with Crippen LogP contribution < -0.4 is 0 Å². The molecule has 1 aliphatic heterocycles. The minimum Gasteiger partial charge on any atom is -0.480 e. The summed E-state index contributed by atoms with van der Waals surface area (Å²) in [6, 6.07) is 2.67. The monoisotopic (exact) mass is 314 g/mol. The van der Waals surface area contributed by atoms with Crippen LogP contribution in [0, 0.1) is 0 Å². The van der Waals surface area contributed by atoms with Gasteiger partial charge in [-0.2, -0.15) is 0 Å². The van der Waals surface area contributed by atoms with E-state index < -0.39 is 12.0 Å². The number of hydrogen-bond acceptors (Lipinski definition) is 5. The summed E-state index contributed by atoms with van der Waals surface area (Å²) >= 11 is 2.71. The number of thioether (sulfide) groups is 1. The van der Waals surface area contributed by atoms with Crippen LogP contribution >= 0.6 is 23.1 Å². The highest BCUT2D eigenvalue weighted by molar-refractivity contribution is 7.99. The van der Waals surface area contributed by atoms with E-state index in [1.807, 2.05) is 0 Å².